The minimum atomic E-state index is -1.36. The molecule has 11 nitrogen and oxygen atoms in total. The van der Waals surface area contributed by atoms with Gasteiger partial charge in [0.15, 0.2) is 23.9 Å². The molecule has 10 atom stereocenters. The van der Waals surface area contributed by atoms with Crippen molar-refractivity contribution in [2.45, 2.75) is 139 Å². The van der Waals surface area contributed by atoms with Crippen molar-refractivity contribution in [3.63, 3.8) is 0 Å². The number of allylic oxidation sites excluding steroid dienone is 2. The molecule has 5 aliphatic carbocycles. The Morgan fingerprint density at radius 2 is 1.62 bits per heavy atom. The first-order chi connectivity index (χ1) is 23.1. The number of aliphatic carboxylic acids is 1. The lowest BCUT2D eigenvalue weighted by molar-refractivity contribution is -0.220. The first kappa shape index (κ1) is 36.4. The van der Waals surface area contributed by atoms with E-state index in [1.807, 2.05) is 13.0 Å². The highest BCUT2D eigenvalue weighted by Crippen LogP contribution is 2.75. The van der Waals surface area contributed by atoms with E-state index in [4.69, 9.17) is 23.0 Å². The minimum absolute atomic E-state index is 0.00821. The number of hydrogen-bond acceptors (Lipinski definition) is 10. The number of carboxylic acid groups (broad SMARTS) is 1. The van der Waals surface area contributed by atoms with Crippen LogP contribution in [0.15, 0.2) is 25.3 Å². The maximum atomic E-state index is 14.8. The topological polar surface area (TPSA) is 160 Å². The summed E-state index contributed by atoms with van der Waals surface area (Å²) in [5.41, 5.74) is -2.62. The molecule has 11 heteroatoms. The maximum Gasteiger partial charge on any atom is 0.519 e. The van der Waals surface area contributed by atoms with Gasteiger partial charge in [-0.1, -0.05) is 33.3 Å². The Morgan fingerprint density at radius 3 is 2.24 bits per heavy atom. The Bertz CT molecular complexity index is 1680. The van der Waals surface area contributed by atoms with E-state index in [9.17, 15) is 29.1 Å². The van der Waals surface area contributed by atoms with E-state index in [0.717, 1.165) is 24.8 Å². The summed E-state index contributed by atoms with van der Waals surface area (Å²) in [6.07, 6.45) is 5.60. The van der Waals surface area contributed by atoms with Gasteiger partial charge in [0.1, 0.15) is 11.5 Å². The van der Waals surface area contributed by atoms with Gasteiger partial charge in [0.2, 0.25) is 0 Å². The predicted molar refractivity (Wildman–Crippen MR) is 180 cm³/mol. The van der Waals surface area contributed by atoms with Crippen LogP contribution in [-0.2, 0) is 35.2 Å². The molecule has 5 aliphatic rings. The molecule has 276 valence electrons. The molecular formula is C39H54O11. The molecule has 0 spiro atoms. The van der Waals surface area contributed by atoms with Crippen LogP contribution in [0.4, 0.5) is 4.79 Å². The summed E-state index contributed by atoms with van der Waals surface area (Å²) in [5, 5.41) is 10.2. The second kappa shape index (κ2) is 11.8. The number of rotatable bonds is 6. The van der Waals surface area contributed by atoms with Gasteiger partial charge in [-0.3, -0.25) is 14.4 Å². The van der Waals surface area contributed by atoms with Crippen molar-refractivity contribution >= 4 is 23.9 Å². The van der Waals surface area contributed by atoms with Crippen LogP contribution in [0.5, 0.6) is 0 Å². The first-order valence-electron chi connectivity index (χ1n) is 18.3. The Hall–Kier alpha value is -3.37. The van der Waals surface area contributed by atoms with Gasteiger partial charge in [-0.15, -0.1) is 0 Å². The number of hydrogen-bond donors (Lipinski definition) is 1. The standard InChI is InChI=1S/C39H54O11/c1-21(2)47-32(44)50-28-11-12-36(6)27(39(28,9)31(43)46-20-26-22(3)48-33(45)49-26)10-13-38(8)29(36)25(40)18-23-24-19-35(5,30(41)42)15-14-34(24,4)16-17-37(23,38)7/h18,21,24,27-29H,10-17,19-20H2,1-9H3,(H,41,42)/t24-,27+,28-,29+,34+,35-,36-,37+,38+,39-/m0/s1. The highest BCUT2D eigenvalue weighted by atomic mass is 16.7. The Kier molecular flexibility index (Phi) is 8.62. The number of carbonyl (C=O) groups excluding carboxylic acids is 3. The second-order valence-corrected chi connectivity index (χ2v) is 17.9. The smallest absolute Gasteiger partial charge is 0.481 e. The zero-order chi connectivity index (χ0) is 36.8. The molecular weight excluding hydrogens is 644 g/mol. The number of aryl methyl sites for hydroxylation is 1. The van der Waals surface area contributed by atoms with E-state index in [1.165, 1.54) is 0 Å². The summed E-state index contributed by atoms with van der Waals surface area (Å²) in [5.74, 6) is -2.79. The molecule has 0 saturated heterocycles. The van der Waals surface area contributed by atoms with Crippen LogP contribution in [0.1, 0.15) is 125 Å². The van der Waals surface area contributed by atoms with Crippen LogP contribution >= 0.6 is 0 Å². The number of ether oxygens (including phenoxy) is 3. The third kappa shape index (κ3) is 5.22. The first-order valence-corrected chi connectivity index (χ1v) is 18.3. The van der Waals surface area contributed by atoms with E-state index in [0.29, 0.717) is 38.5 Å². The fourth-order valence-electron chi connectivity index (χ4n) is 11.6. The quantitative estimate of drug-likeness (QED) is 0.292. The monoisotopic (exact) mass is 698 g/mol. The third-order valence-corrected chi connectivity index (χ3v) is 14.9. The molecule has 4 fully saturated rings. The summed E-state index contributed by atoms with van der Waals surface area (Å²) >= 11 is 0. The highest BCUT2D eigenvalue weighted by molar-refractivity contribution is 5.96. The summed E-state index contributed by atoms with van der Waals surface area (Å²) in [6.45, 7) is 17.2. The molecule has 1 heterocycles. The highest BCUT2D eigenvalue weighted by Gasteiger charge is 2.72. The van der Waals surface area contributed by atoms with Crippen LogP contribution in [0.25, 0.3) is 0 Å². The van der Waals surface area contributed by atoms with Gasteiger partial charge in [-0.2, -0.15) is 0 Å². The minimum Gasteiger partial charge on any atom is -0.481 e. The zero-order valence-corrected chi connectivity index (χ0v) is 31.1. The van der Waals surface area contributed by atoms with Crippen molar-refractivity contribution in [1.82, 2.24) is 0 Å². The van der Waals surface area contributed by atoms with Crippen molar-refractivity contribution in [3.05, 3.63) is 33.8 Å². The molecule has 1 aromatic heterocycles. The van der Waals surface area contributed by atoms with Crippen LogP contribution in [0, 0.1) is 57.2 Å². The molecule has 4 saturated carbocycles. The summed E-state index contributed by atoms with van der Waals surface area (Å²) < 4.78 is 27.1. The van der Waals surface area contributed by atoms with Crippen molar-refractivity contribution < 1.29 is 47.3 Å². The Balaban J connectivity index is 1.39. The summed E-state index contributed by atoms with van der Waals surface area (Å²) in [4.78, 5) is 66.3. The van der Waals surface area contributed by atoms with Gasteiger partial charge < -0.3 is 28.2 Å². The van der Waals surface area contributed by atoms with E-state index in [2.05, 4.69) is 27.7 Å². The van der Waals surface area contributed by atoms with E-state index in [1.54, 1.807) is 27.7 Å². The van der Waals surface area contributed by atoms with Crippen molar-refractivity contribution in [2.75, 3.05) is 0 Å². The Morgan fingerprint density at radius 1 is 0.940 bits per heavy atom. The number of carbonyl (C=O) groups is 4. The van der Waals surface area contributed by atoms with Gasteiger partial charge in [-0.05, 0) is 132 Å². The summed E-state index contributed by atoms with van der Waals surface area (Å²) in [6, 6.07) is 0. The second-order valence-electron chi connectivity index (χ2n) is 17.9. The van der Waals surface area contributed by atoms with Gasteiger partial charge in [0, 0.05) is 5.92 Å². The molecule has 0 unspecified atom stereocenters. The van der Waals surface area contributed by atoms with Crippen molar-refractivity contribution in [3.8, 4) is 0 Å². The Labute approximate surface area is 293 Å². The molecule has 0 aromatic carbocycles. The largest absolute Gasteiger partial charge is 0.519 e. The average molecular weight is 699 g/mol. The number of ketones is 1. The van der Waals surface area contributed by atoms with Gasteiger partial charge in [0.05, 0.1) is 11.5 Å². The molecule has 0 aliphatic heterocycles. The normalized spacial score (nSPS) is 42.3. The molecule has 6 rings (SSSR count). The lowest BCUT2D eigenvalue weighted by Gasteiger charge is -2.70. The van der Waals surface area contributed by atoms with E-state index < -0.39 is 69.6 Å². The summed E-state index contributed by atoms with van der Waals surface area (Å²) in [7, 11) is 0. The van der Waals surface area contributed by atoms with Crippen LogP contribution in [0.3, 0.4) is 0 Å². The SMILES string of the molecule is Cc1oc(=O)oc1COC(=O)[C@]1(C)[C@@H](OC(=O)OC(C)C)CC[C@@]2(C)[C@H]1CC[C@]1(C)[C@@H]2C(=O)C=C2[C@@H]3C[C@@](C)(C(=O)O)CC[C@]3(C)CC[C@]21C. The van der Waals surface area contributed by atoms with Crippen molar-refractivity contribution in [1.29, 1.82) is 0 Å². The van der Waals surface area contributed by atoms with Crippen LogP contribution in [-0.4, -0.2) is 41.2 Å². The van der Waals surface area contributed by atoms with Crippen LogP contribution < -0.4 is 5.82 Å². The lowest BCUT2D eigenvalue weighted by atomic mass is 9.33. The molecule has 50 heavy (non-hydrogen) atoms. The molecule has 1 aromatic rings. The van der Waals surface area contributed by atoms with Crippen molar-refractivity contribution in [2.24, 2.45) is 50.2 Å². The van der Waals surface area contributed by atoms with E-state index in [-0.39, 0.29) is 40.7 Å². The molecule has 0 amide bonds. The van der Waals surface area contributed by atoms with Crippen LogP contribution in [0.2, 0.25) is 0 Å². The van der Waals surface area contributed by atoms with Gasteiger partial charge in [0.25, 0.3) is 0 Å². The number of carboxylic acids is 1. The lowest BCUT2D eigenvalue weighted by Crippen LogP contribution is -2.68. The molecule has 0 radical (unpaired) electrons. The van der Waals surface area contributed by atoms with E-state index >= 15 is 0 Å². The van der Waals surface area contributed by atoms with Gasteiger partial charge in [-0.25, -0.2) is 9.59 Å². The zero-order valence-electron chi connectivity index (χ0n) is 31.1. The number of esters is 1. The van der Waals surface area contributed by atoms with Gasteiger partial charge >= 0.3 is 23.9 Å². The fraction of sp³-hybridized carbons (Fsp3) is 0.769. The number of fused-ring (bicyclic) bond motifs is 7. The maximum absolute atomic E-state index is 14.8. The average Bonchev–Trinajstić information content (AvgIpc) is 3.34. The molecule has 1 N–H and O–H groups in total. The predicted octanol–water partition coefficient (Wildman–Crippen LogP) is 7.56. The fourth-order valence-corrected chi connectivity index (χ4v) is 11.6. The third-order valence-electron chi connectivity index (χ3n) is 14.9. The molecule has 0 bridgehead atoms.